The summed E-state index contributed by atoms with van der Waals surface area (Å²) in [7, 11) is 0. The quantitative estimate of drug-likeness (QED) is 0.824. The van der Waals surface area contributed by atoms with Gasteiger partial charge in [-0.1, -0.05) is 41.0 Å². The Hall–Kier alpha value is -0.0800. The molecule has 1 aliphatic rings. The van der Waals surface area contributed by atoms with Crippen molar-refractivity contribution >= 4 is 0 Å². The second-order valence-electron chi connectivity index (χ2n) is 6.44. The van der Waals surface area contributed by atoms with Gasteiger partial charge in [-0.15, -0.1) is 0 Å². The monoisotopic (exact) mass is 256 g/mol. The molecule has 0 radical (unpaired) electrons. The summed E-state index contributed by atoms with van der Waals surface area (Å²) in [6, 6.07) is 1.48. The zero-order valence-corrected chi connectivity index (χ0v) is 13.8. The van der Waals surface area contributed by atoms with Gasteiger partial charge in [-0.05, 0) is 45.2 Å². The number of nitrogens with zero attached hydrogens (tertiary/aromatic N) is 1. The van der Waals surface area contributed by atoms with Crippen molar-refractivity contribution in [1.82, 2.24) is 10.2 Å². The fourth-order valence-corrected chi connectivity index (χ4v) is 2.47. The van der Waals surface area contributed by atoms with Crippen LogP contribution in [0, 0.1) is 11.8 Å². The first-order chi connectivity index (χ1) is 8.42. The molecule has 2 atom stereocenters. The van der Waals surface area contributed by atoms with Crippen LogP contribution in [0.5, 0.6) is 0 Å². The summed E-state index contributed by atoms with van der Waals surface area (Å²) >= 11 is 0. The normalized spacial score (nSPS) is 25.2. The number of rotatable bonds is 4. The fourth-order valence-electron chi connectivity index (χ4n) is 2.47. The molecule has 1 aliphatic heterocycles. The van der Waals surface area contributed by atoms with Gasteiger partial charge in [0.25, 0.3) is 0 Å². The van der Waals surface area contributed by atoms with Crippen LogP contribution in [0.2, 0.25) is 0 Å². The average molecular weight is 256 g/mol. The van der Waals surface area contributed by atoms with E-state index in [9.17, 15) is 0 Å². The lowest BCUT2D eigenvalue weighted by molar-refractivity contribution is 0.108. The van der Waals surface area contributed by atoms with Gasteiger partial charge in [0.15, 0.2) is 0 Å². The number of piperidine rings is 1. The van der Waals surface area contributed by atoms with Gasteiger partial charge < -0.3 is 10.2 Å². The van der Waals surface area contributed by atoms with E-state index in [-0.39, 0.29) is 0 Å². The van der Waals surface area contributed by atoms with E-state index in [4.69, 9.17) is 0 Å². The molecule has 0 spiro atoms. The summed E-state index contributed by atoms with van der Waals surface area (Å²) in [6.07, 6.45) is 2.63. The van der Waals surface area contributed by atoms with E-state index in [2.05, 4.69) is 58.7 Å². The first-order valence-electron chi connectivity index (χ1n) is 7.89. The summed E-state index contributed by atoms with van der Waals surface area (Å²) < 4.78 is 0. The van der Waals surface area contributed by atoms with Crippen LogP contribution in [0.4, 0.5) is 0 Å². The summed E-state index contributed by atoms with van der Waals surface area (Å²) in [5, 5.41) is 3.62. The molecule has 1 rings (SSSR count). The van der Waals surface area contributed by atoms with Gasteiger partial charge in [0.05, 0.1) is 0 Å². The molecule has 2 nitrogen and oxygen atoms in total. The highest BCUT2D eigenvalue weighted by atomic mass is 15.2. The molecule has 0 saturated carbocycles. The maximum atomic E-state index is 3.62. The van der Waals surface area contributed by atoms with E-state index in [0.717, 1.165) is 24.4 Å². The Labute approximate surface area is 116 Å². The molecular formula is C16H36N2. The zero-order valence-electron chi connectivity index (χ0n) is 13.8. The van der Waals surface area contributed by atoms with Crippen LogP contribution in [-0.4, -0.2) is 36.6 Å². The predicted molar refractivity (Wildman–Crippen MR) is 83.1 cm³/mol. The van der Waals surface area contributed by atoms with E-state index in [1.165, 1.54) is 25.9 Å². The van der Waals surface area contributed by atoms with Crippen molar-refractivity contribution in [1.29, 1.82) is 0 Å². The van der Waals surface area contributed by atoms with Crippen molar-refractivity contribution in [3.63, 3.8) is 0 Å². The minimum Gasteiger partial charge on any atom is -0.314 e. The highest BCUT2D eigenvalue weighted by Crippen LogP contribution is 2.21. The molecule has 110 valence electrons. The molecule has 0 aromatic heterocycles. The second-order valence-corrected chi connectivity index (χ2v) is 6.44. The molecule has 1 heterocycles. The van der Waals surface area contributed by atoms with Gasteiger partial charge >= 0.3 is 0 Å². The average Bonchev–Trinajstić information content (AvgIpc) is 2.29. The molecular weight excluding hydrogens is 220 g/mol. The highest BCUT2D eigenvalue weighted by Gasteiger charge is 2.28. The highest BCUT2D eigenvalue weighted by molar-refractivity contribution is 4.85. The molecule has 18 heavy (non-hydrogen) atoms. The molecule has 1 fully saturated rings. The van der Waals surface area contributed by atoms with Crippen LogP contribution < -0.4 is 5.32 Å². The largest absolute Gasteiger partial charge is 0.314 e. The molecule has 1 N–H and O–H groups in total. The van der Waals surface area contributed by atoms with Gasteiger partial charge in [0, 0.05) is 18.6 Å². The Kier molecular flexibility index (Phi) is 9.76. The second kappa shape index (κ2) is 9.80. The Balaban J connectivity index is 0.000000631. The summed E-state index contributed by atoms with van der Waals surface area (Å²) in [4.78, 5) is 2.61. The first kappa shape index (κ1) is 17.9. The van der Waals surface area contributed by atoms with Crippen molar-refractivity contribution in [3.8, 4) is 0 Å². The summed E-state index contributed by atoms with van der Waals surface area (Å²) in [5.41, 5.74) is 0. The molecule has 0 aliphatic carbocycles. The lowest BCUT2D eigenvalue weighted by Gasteiger charge is -2.40. The molecule has 0 bridgehead atoms. The molecule has 1 saturated heterocycles. The van der Waals surface area contributed by atoms with E-state index >= 15 is 0 Å². The third kappa shape index (κ3) is 7.38. The van der Waals surface area contributed by atoms with Crippen molar-refractivity contribution in [2.45, 2.75) is 73.4 Å². The molecule has 0 amide bonds. The van der Waals surface area contributed by atoms with Crippen molar-refractivity contribution in [2.24, 2.45) is 11.8 Å². The van der Waals surface area contributed by atoms with Gasteiger partial charge in [-0.2, -0.15) is 0 Å². The Morgan fingerprint density at radius 1 is 1.11 bits per heavy atom. The van der Waals surface area contributed by atoms with E-state index in [0.29, 0.717) is 6.04 Å². The van der Waals surface area contributed by atoms with Gasteiger partial charge in [-0.25, -0.2) is 0 Å². The maximum absolute atomic E-state index is 3.62. The van der Waals surface area contributed by atoms with E-state index < -0.39 is 0 Å². The van der Waals surface area contributed by atoms with Crippen molar-refractivity contribution in [2.75, 3.05) is 19.6 Å². The first-order valence-corrected chi connectivity index (χ1v) is 7.89. The third-order valence-electron chi connectivity index (χ3n) is 3.49. The standard InChI is InChI=1S/C12H26N2.C4H10/c1-5-11-9-14(10(3)4)8-7-12(11)13-6-2;1-4(2)3/h10-13H,5-9H2,1-4H3;4H,1-3H3. The van der Waals surface area contributed by atoms with Gasteiger partial charge in [0.2, 0.25) is 0 Å². The Morgan fingerprint density at radius 3 is 2.06 bits per heavy atom. The summed E-state index contributed by atoms with van der Waals surface area (Å²) in [6.45, 7) is 19.3. The lowest BCUT2D eigenvalue weighted by atomic mass is 9.89. The minimum atomic E-state index is 0.714. The smallest absolute Gasteiger partial charge is 0.0119 e. The van der Waals surface area contributed by atoms with Crippen LogP contribution in [0.1, 0.15) is 61.3 Å². The minimum absolute atomic E-state index is 0.714. The number of hydrogen-bond acceptors (Lipinski definition) is 2. The number of nitrogens with one attached hydrogen (secondary N) is 1. The Morgan fingerprint density at radius 2 is 1.67 bits per heavy atom. The maximum Gasteiger partial charge on any atom is 0.0119 e. The molecule has 2 unspecified atom stereocenters. The zero-order chi connectivity index (χ0) is 14.1. The topological polar surface area (TPSA) is 15.3 Å². The number of hydrogen-bond donors (Lipinski definition) is 1. The van der Waals surface area contributed by atoms with Crippen LogP contribution in [-0.2, 0) is 0 Å². The van der Waals surface area contributed by atoms with E-state index in [1.807, 2.05) is 0 Å². The predicted octanol–water partition coefficient (Wildman–Crippen LogP) is 3.77. The third-order valence-corrected chi connectivity index (χ3v) is 3.49. The van der Waals surface area contributed by atoms with E-state index in [1.54, 1.807) is 0 Å². The fraction of sp³-hybridized carbons (Fsp3) is 1.00. The van der Waals surface area contributed by atoms with Crippen LogP contribution >= 0.6 is 0 Å². The summed E-state index contributed by atoms with van der Waals surface area (Å²) in [5.74, 6) is 1.69. The van der Waals surface area contributed by atoms with Gasteiger partial charge in [-0.3, -0.25) is 0 Å². The van der Waals surface area contributed by atoms with Crippen molar-refractivity contribution < 1.29 is 0 Å². The molecule has 2 heteroatoms. The lowest BCUT2D eigenvalue weighted by Crippen LogP contribution is -2.50. The van der Waals surface area contributed by atoms with Crippen LogP contribution in [0.3, 0.4) is 0 Å². The SMILES string of the molecule is CC(C)C.CCNC1CCN(C(C)C)CC1CC. The van der Waals surface area contributed by atoms with Crippen molar-refractivity contribution in [3.05, 3.63) is 0 Å². The van der Waals surface area contributed by atoms with Crippen LogP contribution in [0.25, 0.3) is 0 Å². The Bertz CT molecular complexity index is 187. The molecule has 0 aromatic rings. The molecule has 0 aromatic carbocycles. The van der Waals surface area contributed by atoms with Crippen LogP contribution in [0.15, 0.2) is 0 Å². The number of likely N-dealkylation sites (tertiary alicyclic amines) is 1. The van der Waals surface area contributed by atoms with Gasteiger partial charge in [0.1, 0.15) is 0 Å².